The van der Waals surface area contributed by atoms with Crippen LogP contribution in [0.4, 0.5) is 0 Å². The minimum atomic E-state index is -3.26. The van der Waals surface area contributed by atoms with E-state index in [9.17, 15) is 18.0 Å². The van der Waals surface area contributed by atoms with E-state index in [-0.39, 0.29) is 29.9 Å². The SMILES string of the molecule is O=C1c2ccccc2C(=O)N1CCCCS(=O)(=O)Cc1ccco1. The van der Waals surface area contributed by atoms with Crippen LogP contribution in [0.5, 0.6) is 0 Å². The summed E-state index contributed by atoms with van der Waals surface area (Å²) in [5.41, 5.74) is 0.820. The van der Waals surface area contributed by atoms with Gasteiger partial charge in [-0.3, -0.25) is 14.5 Å². The molecule has 126 valence electrons. The Morgan fingerprint density at radius 2 is 1.58 bits per heavy atom. The van der Waals surface area contributed by atoms with Crippen LogP contribution in [0.25, 0.3) is 0 Å². The van der Waals surface area contributed by atoms with Gasteiger partial charge in [0.05, 0.1) is 23.1 Å². The van der Waals surface area contributed by atoms with Gasteiger partial charge in [0.2, 0.25) is 0 Å². The molecule has 1 aliphatic heterocycles. The molecule has 0 radical (unpaired) electrons. The zero-order valence-electron chi connectivity index (χ0n) is 13.0. The largest absolute Gasteiger partial charge is 0.468 e. The third-order valence-corrected chi connectivity index (χ3v) is 5.54. The maximum atomic E-state index is 12.2. The molecular formula is C17H17NO5S. The average molecular weight is 347 g/mol. The molecule has 2 aromatic rings. The van der Waals surface area contributed by atoms with Crippen molar-refractivity contribution < 1.29 is 22.4 Å². The number of carbonyl (C=O) groups excluding carboxylic acids is 2. The molecule has 0 atom stereocenters. The fourth-order valence-electron chi connectivity index (χ4n) is 2.72. The number of nitrogens with zero attached hydrogens (tertiary/aromatic N) is 1. The van der Waals surface area contributed by atoms with E-state index in [4.69, 9.17) is 4.42 Å². The van der Waals surface area contributed by atoms with Crippen LogP contribution in [0.1, 0.15) is 39.3 Å². The van der Waals surface area contributed by atoms with E-state index >= 15 is 0 Å². The van der Waals surface area contributed by atoms with Crippen molar-refractivity contribution in [3.05, 3.63) is 59.5 Å². The lowest BCUT2D eigenvalue weighted by atomic mass is 10.1. The lowest BCUT2D eigenvalue weighted by Gasteiger charge is -2.13. The zero-order chi connectivity index (χ0) is 17.2. The summed E-state index contributed by atoms with van der Waals surface area (Å²) < 4.78 is 29.0. The summed E-state index contributed by atoms with van der Waals surface area (Å²) in [5.74, 6) is -0.345. The second kappa shape index (κ2) is 6.60. The third kappa shape index (κ3) is 3.41. The van der Waals surface area contributed by atoms with Crippen molar-refractivity contribution in [3.8, 4) is 0 Å². The molecule has 0 fully saturated rings. The first-order valence-electron chi connectivity index (χ1n) is 7.66. The molecule has 0 aliphatic carbocycles. The van der Waals surface area contributed by atoms with Gasteiger partial charge in [-0.25, -0.2) is 8.42 Å². The van der Waals surface area contributed by atoms with Gasteiger partial charge < -0.3 is 4.42 Å². The van der Waals surface area contributed by atoms with Crippen molar-refractivity contribution in [2.45, 2.75) is 18.6 Å². The summed E-state index contributed by atoms with van der Waals surface area (Å²) in [6.45, 7) is 0.225. The monoisotopic (exact) mass is 347 g/mol. The van der Waals surface area contributed by atoms with Crippen LogP contribution in [0.2, 0.25) is 0 Å². The molecule has 1 aromatic heterocycles. The molecule has 0 bridgehead atoms. The molecule has 2 amide bonds. The molecule has 0 N–H and O–H groups in total. The Bertz CT molecular complexity index is 820. The molecule has 0 saturated heterocycles. The van der Waals surface area contributed by atoms with Gasteiger partial charge in [0.25, 0.3) is 11.8 Å². The molecule has 1 aliphatic rings. The van der Waals surface area contributed by atoms with Crippen molar-refractivity contribution in [3.63, 3.8) is 0 Å². The first-order chi connectivity index (χ1) is 11.5. The molecule has 2 heterocycles. The Kier molecular flexibility index (Phi) is 4.53. The second-order valence-electron chi connectivity index (χ2n) is 5.69. The number of carbonyl (C=O) groups is 2. The van der Waals surface area contributed by atoms with Crippen LogP contribution < -0.4 is 0 Å². The van der Waals surface area contributed by atoms with Gasteiger partial charge in [0.1, 0.15) is 11.5 Å². The first-order valence-corrected chi connectivity index (χ1v) is 9.48. The Hall–Kier alpha value is -2.41. The maximum absolute atomic E-state index is 12.2. The molecule has 7 heteroatoms. The molecular weight excluding hydrogens is 330 g/mol. The van der Waals surface area contributed by atoms with Gasteiger partial charge in [0, 0.05) is 6.54 Å². The topological polar surface area (TPSA) is 84.7 Å². The van der Waals surface area contributed by atoms with Crippen molar-refractivity contribution in [2.24, 2.45) is 0 Å². The molecule has 0 saturated carbocycles. The molecule has 1 aromatic carbocycles. The van der Waals surface area contributed by atoms with Gasteiger partial charge in [-0.05, 0) is 37.1 Å². The summed E-state index contributed by atoms with van der Waals surface area (Å²) in [6, 6.07) is 9.96. The van der Waals surface area contributed by atoms with E-state index in [1.165, 1.54) is 11.2 Å². The number of benzene rings is 1. The predicted molar refractivity (Wildman–Crippen MR) is 87.2 cm³/mol. The van der Waals surface area contributed by atoms with Crippen molar-refractivity contribution in [1.82, 2.24) is 4.90 Å². The lowest BCUT2D eigenvalue weighted by molar-refractivity contribution is 0.0652. The highest BCUT2D eigenvalue weighted by molar-refractivity contribution is 7.90. The number of sulfone groups is 1. The van der Waals surface area contributed by atoms with Gasteiger partial charge in [-0.1, -0.05) is 12.1 Å². The Morgan fingerprint density at radius 1 is 0.917 bits per heavy atom. The lowest BCUT2D eigenvalue weighted by Crippen LogP contribution is -2.31. The van der Waals surface area contributed by atoms with Gasteiger partial charge in [-0.15, -0.1) is 0 Å². The van der Waals surface area contributed by atoms with Crippen LogP contribution >= 0.6 is 0 Å². The number of fused-ring (bicyclic) bond motifs is 1. The van der Waals surface area contributed by atoms with E-state index in [0.717, 1.165) is 0 Å². The number of furan rings is 1. The number of rotatable bonds is 7. The summed E-state index contributed by atoms with van der Waals surface area (Å²) in [4.78, 5) is 25.6. The van der Waals surface area contributed by atoms with Crippen LogP contribution in [0, 0.1) is 0 Å². The Labute approximate surface area is 140 Å². The van der Waals surface area contributed by atoms with E-state index < -0.39 is 9.84 Å². The van der Waals surface area contributed by atoms with Gasteiger partial charge in [0.15, 0.2) is 9.84 Å². The number of amides is 2. The summed E-state index contributed by atoms with van der Waals surface area (Å²) >= 11 is 0. The Balaban J connectivity index is 1.51. The number of hydrogen-bond donors (Lipinski definition) is 0. The second-order valence-corrected chi connectivity index (χ2v) is 7.87. The van der Waals surface area contributed by atoms with Crippen LogP contribution in [-0.4, -0.2) is 37.4 Å². The maximum Gasteiger partial charge on any atom is 0.261 e. The van der Waals surface area contributed by atoms with Gasteiger partial charge >= 0.3 is 0 Å². The fraction of sp³-hybridized carbons (Fsp3) is 0.294. The molecule has 24 heavy (non-hydrogen) atoms. The highest BCUT2D eigenvalue weighted by atomic mass is 32.2. The third-order valence-electron chi connectivity index (χ3n) is 3.91. The summed E-state index contributed by atoms with van der Waals surface area (Å²) in [7, 11) is -3.26. The van der Waals surface area contributed by atoms with Crippen molar-refractivity contribution in [1.29, 1.82) is 0 Å². The highest BCUT2D eigenvalue weighted by Crippen LogP contribution is 2.22. The smallest absolute Gasteiger partial charge is 0.261 e. The van der Waals surface area contributed by atoms with Crippen LogP contribution in [-0.2, 0) is 15.6 Å². The number of imide groups is 1. The quantitative estimate of drug-likeness (QED) is 0.567. The van der Waals surface area contributed by atoms with E-state index in [1.807, 2.05) is 0 Å². The molecule has 0 spiro atoms. The minimum absolute atomic E-state index is 0.00311. The zero-order valence-corrected chi connectivity index (χ0v) is 13.8. The fourth-order valence-corrected chi connectivity index (χ4v) is 4.10. The molecule has 3 rings (SSSR count). The number of hydrogen-bond acceptors (Lipinski definition) is 5. The summed E-state index contributed by atoms with van der Waals surface area (Å²) in [5, 5.41) is 0. The molecule has 6 nitrogen and oxygen atoms in total. The number of unbranched alkanes of at least 4 members (excludes halogenated alkanes) is 1. The van der Waals surface area contributed by atoms with E-state index in [1.54, 1.807) is 36.4 Å². The Morgan fingerprint density at radius 3 is 2.17 bits per heavy atom. The first kappa shape index (κ1) is 16.4. The average Bonchev–Trinajstić information content (AvgIpc) is 3.13. The minimum Gasteiger partial charge on any atom is -0.468 e. The van der Waals surface area contributed by atoms with Crippen molar-refractivity contribution in [2.75, 3.05) is 12.3 Å². The van der Waals surface area contributed by atoms with Crippen LogP contribution in [0.3, 0.4) is 0 Å². The summed E-state index contributed by atoms with van der Waals surface area (Å²) in [6.07, 6.45) is 2.27. The van der Waals surface area contributed by atoms with Crippen molar-refractivity contribution >= 4 is 21.7 Å². The molecule has 0 unspecified atom stereocenters. The van der Waals surface area contributed by atoms with Crippen LogP contribution in [0.15, 0.2) is 47.1 Å². The highest BCUT2D eigenvalue weighted by Gasteiger charge is 2.34. The van der Waals surface area contributed by atoms with E-state index in [2.05, 4.69) is 0 Å². The predicted octanol–water partition coefficient (Wildman–Crippen LogP) is 2.27. The van der Waals surface area contributed by atoms with Gasteiger partial charge in [-0.2, -0.15) is 0 Å². The van der Waals surface area contributed by atoms with E-state index in [0.29, 0.717) is 29.7 Å². The normalized spacial score (nSPS) is 14.2. The standard InChI is InChI=1S/C17H17NO5S/c19-16-14-7-1-2-8-15(14)17(20)18(16)9-3-4-11-24(21,22)12-13-6-5-10-23-13/h1-2,5-8,10H,3-4,9,11-12H2.